The molecule has 0 bridgehead atoms. The van der Waals surface area contributed by atoms with E-state index >= 15 is 0 Å². The van der Waals surface area contributed by atoms with E-state index in [4.69, 9.17) is 9.47 Å². The highest BCUT2D eigenvalue weighted by Gasteiger charge is 2.21. The molecule has 0 saturated heterocycles. The van der Waals surface area contributed by atoms with E-state index in [0.29, 0.717) is 11.5 Å². The van der Waals surface area contributed by atoms with Crippen molar-refractivity contribution in [3.8, 4) is 11.5 Å². The smallest absolute Gasteiger partial charge is 0.267 e. The third-order valence-corrected chi connectivity index (χ3v) is 1.70. The lowest BCUT2D eigenvalue weighted by molar-refractivity contribution is -0.403. The van der Waals surface area contributed by atoms with Crippen LogP contribution in [0.15, 0.2) is 36.5 Å². The molecule has 0 saturated carbocycles. The maximum Gasteiger partial charge on any atom is 0.267 e. The summed E-state index contributed by atoms with van der Waals surface area (Å²) in [4.78, 5) is 9.48. The van der Waals surface area contributed by atoms with Crippen LogP contribution in [0.1, 0.15) is 0 Å². The van der Waals surface area contributed by atoms with E-state index in [-0.39, 0.29) is 0 Å². The van der Waals surface area contributed by atoms with Gasteiger partial charge in [-0.15, -0.1) is 0 Å². The molecule has 1 aromatic rings. The lowest BCUT2D eigenvalue weighted by atomic mass is 10.3. The van der Waals surface area contributed by atoms with Crippen LogP contribution in [0.4, 0.5) is 0 Å². The number of benzene rings is 1. The van der Waals surface area contributed by atoms with Gasteiger partial charge >= 0.3 is 0 Å². The normalized spacial score (nSPS) is 14.9. The van der Waals surface area contributed by atoms with Gasteiger partial charge in [0.1, 0.15) is 0 Å². The van der Waals surface area contributed by atoms with Crippen LogP contribution >= 0.6 is 0 Å². The van der Waals surface area contributed by atoms with E-state index in [1.807, 2.05) is 12.1 Å². The molecule has 5 nitrogen and oxygen atoms in total. The Bertz CT molecular complexity index is 363. The van der Waals surface area contributed by atoms with Crippen LogP contribution < -0.4 is 9.47 Å². The lowest BCUT2D eigenvalue weighted by Crippen LogP contribution is -2.14. The van der Waals surface area contributed by atoms with Crippen molar-refractivity contribution in [1.29, 1.82) is 0 Å². The summed E-state index contributed by atoms with van der Waals surface area (Å²) < 4.78 is 10.5. The fourth-order valence-electron chi connectivity index (χ4n) is 1.14. The number of nitrogens with zero attached hydrogens (tertiary/aromatic N) is 1. The van der Waals surface area contributed by atoms with Crippen LogP contribution in [0.25, 0.3) is 0 Å². The molecule has 5 heteroatoms. The number of nitro groups is 1. The Morgan fingerprint density at radius 2 is 1.86 bits per heavy atom. The molecule has 14 heavy (non-hydrogen) atoms. The second kappa shape index (κ2) is 3.37. The second-order valence-electron chi connectivity index (χ2n) is 2.68. The summed E-state index contributed by atoms with van der Waals surface area (Å²) >= 11 is 0. The summed E-state index contributed by atoms with van der Waals surface area (Å²) in [6.07, 6.45) is 1.36. The Balaban J connectivity index is 2.08. The van der Waals surface area contributed by atoms with Gasteiger partial charge in [-0.1, -0.05) is 12.1 Å². The average Bonchev–Trinajstić information content (AvgIpc) is 2.57. The highest BCUT2D eigenvalue weighted by molar-refractivity contribution is 5.42. The Kier molecular flexibility index (Phi) is 2.06. The fraction of sp³-hybridized carbons (Fsp3) is 0.111. The predicted molar refractivity (Wildman–Crippen MR) is 47.6 cm³/mol. The van der Waals surface area contributed by atoms with Crippen molar-refractivity contribution in [1.82, 2.24) is 0 Å². The van der Waals surface area contributed by atoms with Gasteiger partial charge in [-0.2, -0.15) is 0 Å². The zero-order chi connectivity index (χ0) is 9.97. The van der Waals surface area contributed by atoms with Gasteiger partial charge in [0.25, 0.3) is 6.29 Å². The topological polar surface area (TPSA) is 61.6 Å². The second-order valence-corrected chi connectivity index (χ2v) is 2.68. The molecule has 0 amide bonds. The number of rotatable bonds is 2. The molecule has 0 N–H and O–H groups in total. The molecule has 2 rings (SSSR count). The first kappa shape index (κ1) is 8.55. The zero-order valence-electron chi connectivity index (χ0n) is 7.12. The summed E-state index contributed by atoms with van der Waals surface area (Å²) in [6, 6.07) is 7.11. The molecule has 72 valence electrons. The van der Waals surface area contributed by atoms with Gasteiger partial charge in [-0.3, -0.25) is 10.1 Å². The van der Waals surface area contributed by atoms with Crippen LogP contribution in [0.5, 0.6) is 11.5 Å². The molecule has 0 spiro atoms. The number of hydrogen-bond donors (Lipinski definition) is 0. The van der Waals surface area contributed by atoms with Crippen LogP contribution in [0.3, 0.4) is 0 Å². The molecule has 0 radical (unpaired) electrons. The molecule has 0 fully saturated rings. The quantitative estimate of drug-likeness (QED) is 0.528. The largest absolute Gasteiger partial charge is 0.447 e. The highest BCUT2D eigenvalue weighted by Crippen LogP contribution is 2.33. The third-order valence-electron chi connectivity index (χ3n) is 1.70. The minimum absolute atomic E-state index is 0.560. The van der Waals surface area contributed by atoms with Crippen molar-refractivity contribution in [3.63, 3.8) is 0 Å². The first-order valence-corrected chi connectivity index (χ1v) is 4.00. The molecule has 0 atom stereocenters. The Morgan fingerprint density at radius 3 is 2.36 bits per heavy atom. The van der Waals surface area contributed by atoms with Gasteiger partial charge in [0.15, 0.2) is 11.5 Å². The number of para-hydroxylation sites is 2. The summed E-state index contributed by atoms with van der Waals surface area (Å²) in [5.41, 5.74) is 0. The first-order valence-electron chi connectivity index (χ1n) is 4.00. The number of ether oxygens (including phenoxy) is 2. The van der Waals surface area contributed by atoms with E-state index in [0.717, 1.165) is 6.20 Å². The van der Waals surface area contributed by atoms with Crippen molar-refractivity contribution in [2.75, 3.05) is 0 Å². The van der Waals surface area contributed by atoms with Crippen molar-refractivity contribution in [3.05, 3.63) is 46.7 Å². The molecule has 1 aliphatic rings. The molecular formula is C9H7NO4. The molecule has 0 unspecified atom stereocenters. The van der Waals surface area contributed by atoms with E-state index in [1.165, 1.54) is 6.08 Å². The Morgan fingerprint density at radius 1 is 1.29 bits per heavy atom. The summed E-state index contributed by atoms with van der Waals surface area (Å²) in [5.74, 6) is 1.20. The maximum absolute atomic E-state index is 10.0. The molecule has 1 aromatic carbocycles. The maximum atomic E-state index is 10.0. The standard InChI is InChI=1S/C9H7NO4/c11-10(12)6-5-9-13-7-3-1-2-4-8(7)14-9/h1-6,9H. The fourth-order valence-corrected chi connectivity index (χ4v) is 1.14. The van der Waals surface area contributed by atoms with Gasteiger partial charge in [0, 0.05) is 0 Å². The third kappa shape index (κ3) is 1.66. The molecule has 0 aromatic heterocycles. The highest BCUT2D eigenvalue weighted by atomic mass is 16.7. The lowest BCUT2D eigenvalue weighted by Gasteiger charge is -2.01. The van der Waals surface area contributed by atoms with E-state index < -0.39 is 11.2 Å². The molecule has 1 aliphatic heterocycles. The summed E-state index contributed by atoms with van der Waals surface area (Å²) in [5, 5.41) is 10.0. The molecular weight excluding hydrogens is 186 g/mol. The minimum atomic E-state index is -0.696. The predicted octanol–water partition coefficient (Wildman–Crippen LogP) is 1.57. The number of fused-ring (bicyclic) bond motifs is 1. The zero-order valence-corrected chi connectivity index (χ0v) is 7.12. The van der Waals surface area contributed by atoms with Gasteiger partial charge in [0.2, 0.25) is 6.20 Å². The van der Waals surface area contributed by atoms with Gasteiger partial charge in [-0.25, -0.2) is 0 Å². The average molecular weight is 193 g/mol. The first-order chi connectivity index (χ1) is 6.75. The van der Waals surface area contributed by atoms with Gasteiger partial charge in [0.05, 0.1) is 11.0 Å². The Hall–Kier alpha value is -2.04. The Labute approximate surface area is 79.7 Å². The van der Waals surface area contributed by atoms with Crippen LogP contribution in [-0.4, -0.2) is 11.2 Å². The van der Waals surface area contributed by atoms with Gasteiger partial charge < -0.3 is 9.47 Å². The molecule has 1 heterocycles. The summed E-state index contributed by atoms with van der Waals surface area (Å²) in [7, 11) is 0. The van der Waals surface area contributed by atoms with E-state index in [1.54, 1.807) is 12.1 Å². The van der Waals surface area contributed by atoms with Crippen LogP contribution in [0.2, 0.25) is 0 Å². The SMILES string of the molecule is O=[N+]([O-])C=CC1Oc2ccccc2O1. The molecule has 0 aliphatic carbocycles. The monoisotopic (exact) mass is 193 g/mol. The van der Waals surface area contributed by atoms with Crippen molar-refractivity contribution >= 4 is 0 Å². The van der Waals surface area contributed by atoms with Crippen LogP contribution in [0, 0.1) is 10.1 Å². The van der Waals surface area contributed by atoms with Gasteiger partial charge in [-0.05, 0) is 12.1 Å². The number of hydrogen-bond acceptors (Lipinski definition) is 4. The van der Waals surface area contributed by atoms with Crippen LogP contribution in [-0.2, 0) is 0 Å². The van der Waals surface area contributed by atoms with E-state index in [2.05, 4.69) is 0 Å². The minimum Gasteiger partial charge on any atom is -0.447 e. The summed E-state index contributed by atoms with van der Waals surface area (Å²) in [6.45, 7) is 0. The van der Waals surface area contributed by atoms with Crippen molar-refractivity contribution < 1.29 is 14.4 Å². The van der Waals surface area contributed by atoms with Crippen molar-refractivity contribution in [2.24, 2.45) is 0 Å². The van der Waals surface area contributed by atoms with E-state index in [9.17, 15) is 10.1 Å². The van der Waals surface area contributed by atoms with Crippen molar-refractivity contribution in [2.45, 2.75) is 6.29 Å².